The molecule has 1 N–H and O–H groups in total. The van der Waals surface area contributed by atoms with Gasteiger partial charge in [-0.15, -0.1) is 0 Å². The standard InChI is InChI=1S/C17H23N3O4/c1-9-7-13(19-24-9)8-20(5)12(4)16(21)15-10(2)14(11(3)18-15)17(22)23-6/h7,12,18H,8H2,1-6H3. The van der Waals surface area contributed by atoms with Gasteiger partial charge >= 0.3 is 5.97 Å². The summed E-state index contributed by atoms with van der Waals surface area (Å²) >= 11 is 0. The lowest BCUT2D eigenvalue weighted by atomic mass is 10.0. The van der Waals surface area contributed by atoms with Crippen molar-refractivity contribution >= 4 is 11.8 Å². The molecule has 2 heterocycles. The largest absolute Gasteiger partial charge is 0.465 e. The van der Waals surface area contributed by atoms with Gasteiger partial charge in [-0.3, -0.25) is 9.69 Å². The van der Waals surface area contributed by atoms with E-state index in [2.05, 4.69) is 10.1 Å². The average Bonchev–Trinajstić information content (AvgIpc) is 3.08. The zero-order valence-corrected chi connectivity index (χ0v) is 14.9. The van der Waals surface area contributed by atoms with Gasteiger partial charge in [-0.1, -0.05) is 5.16 Å². The van der Waals surface area contributed by atoms with Crippen LogP contribution in [0.15, 0.2) is 10.6 Å². The van der Waals surface area contributed by atoms with Crippen LogP contribution >= 0.6 is 0 Å². The number of hydrogen-bond acceptors (Lipinski definition) is 6. The zero-order chi connectivity index (χ0) is 18.0. The number of methoxy groups -OCH3 is 1. The van der Waals surface area contributed by atoms with Gasteiger partial charge in [0.2, 0.25) is 0 Å². The third-order valence-corrected chi connectivity index (χ3v) is 4.20. The van der Waals surface area contributed by atoms with Crippen molar-refractivity contribution in [1.82, 2.24) is 15.0 Å². The molecule has 0 amide bonds. The summed E-state index contributed by atoms with van der Waals surface area (Å²) in [6, 6.07) is 1.46. The second-order valence-electron chi connectivity index (χ2n) is 6.00. The number of carbonyl (C=O) groups excluding carboxylic acids is 2. The Balaban J connectivity index is 2.20. The number of ether oxygens (including phenoxy) is 1. The van der Waals surface area contributed by atoms with E-state index in [0.717, 1.165) is 11.5 Å². The molecule has 24 heavy (non-hydrogen) atoms. The Morgan fingerprint density at radius 3 is 2.58 bits per heavy atom. The van der Waals surface area contributed by atoms with Crippen LogP contribution < -0.4 is 0 Å². The van der Waals surface area contributed by atoms with E-state index in [1.165, 1.54) is 7.11 Å². The van der Waals surface area contributed by atoms with Gasteiger partial charge in [0.25, 0.3) is 0 Å². The Kier molecular flexibility index (Phi) is 5.23. The van der Waals surface area contributed by atoms with E-state index < -0.39 is 5.97 Å². The number of hydrogen-bond donors (Lipinski definition) is 1. The highest BCUT2D eigenvalue weighted by Crippen LogP contribution is 2.21. The number of aromatic amines is 1. The average molecular weight is 333 g/mol. The number of aryl methyl sites for hydroxylation is 2. The van der Waals surface area contributed by atoms with Crippen molar-refractivity contribution in [3.05, 3.63) is 40.0 Å². The van der Waals surface area contributed by atoms with Crippen LogP contribution in [0.25, 0.3) is 0 Å². The summed E-state index contributed by atoms with van der Waals surface area (Å²) in [6.07, 6.45) is 0. The van der Waals surface area contributed by atoms with Crippen LogP contribution in [0.3, 0.4) is 0 Å². The second-order valence-corrected chi connectivity index (χ2v) is 6.00. The molecular weight excluding hydrogens is 310 g/mol. The third kappa shape index (κ3) is 3.41. The fourth-order valence-corrected chi connectivity index (χ4v) is 2.70. The van der Waals surface area contributed by atoms with Crippen LogP contribution in [0.5, 0.6) is 0 Å². The number of carbonyl (C=O) groups is 2. The highest BCUT2D eigenvalue weighted by atomic mass is 16.5. The fourth-order valence-electron chi connectivity index (χ4n) is 2.70. The molecule has 130 valence electrons. The lowest BCUT2D eigenvalue weighted by Crippen LogP contribution is -2.36. The number of aromatic nitrogens is 2. The molecule has 0 aromatic carbocycles. The highest BCUT2D eigenvalue weighted by Gasteiger charge is 2.27. The summed E-state index contributed by atoms with van der Waals surface area (Å²) in [5, 5.41) is 3.94. The van der Waals surface area contributed by atoms with Crippen molar-refractivity contribution in [3.8, 4) is 0 Å². The topological polar surface area (TPSA) is 88.4 Å². The maximum atomic E-state index is 12.8. The third-order valence-electron chi connectivity index (χ3n) is 4.20. The van der Waals surface area contributed by atoms with Crippen LogP contribution in [-0.2, 0) is 11.3 Å². The van der Waals surface area contributed by atoms with Crippen LogP contribution in [0.2, 0.25) is 0 Å². The molecule has 0 aliphatic carbocycles. The lowest BCUT2D eigenvalue weighted by Gasteiger charge is -2.22. The first-order chi connectivity index (χ1) is 11.3. The van der Waals surface area contributed by atoms with Crippen molar-refractivity contribution in [2.24, 2.45) is 0 Å². The quantitative estimate of drug-likeness (QED) is 0.645. The normalized spacial score (nSPS) is 12.5. The molecule has 0 radical (unpaired) electrons. The first-order valence-corrected chi connectivity index (χ1v) is 7.70. The Morgan fingerprint density at radius 1 is 1.38 bits per heavy atom. The fraction of sp³-hybridized carbons (Fsp3) is 0.471. The van der Waals surface area contributed by atoms with Crippen LogP contribution in [0.4, 0.5) is 0 Å². The van der Waals surface area contributed by atoms with E-state index in [0.29, 0.717) is 29.1 Å². The molecule has 0 saturated heterocycles. The maximum Gasteiger partial charge on any atom is 0.339 e. The molecule has 1 unspecified atom stereocenters. The smallest absolute Gasteiger partial charge is 0.339 e. The van der Waals surface area contributed by atoms with Gasteiger partial charge < -0.3 is 14.2 Å². The lowest BCUT2D eigenvalue weighted by molar-refractivity contribution is 0.0599. The first-order valence-electron chi connectivity index (χ1n) is 7.70. The minimum absolute atomic E-state index is 0.0894. The molecule has 2 aromatic heterocycles. The highest BCUT2D eigenvalue weighted by molar-refractivity contribution is 6.03. The molecule has 0 aliphatic rings. The number of nitrogens with one attached hydrogen (secondary N) is 1. The van der Waals surface area contributed by atoms with Crippen molar-refractivity contribution in [3.63, 3.8) is 0 Å². The number of rotatable bonds is 6. The van der Waals surface area contributed by atoms with Gasteiger partial charge in [0, 0.05) is 18.3 Å². The minimum Gasteiger partial charge on any atom is -0.465 e. The molecule has 1 atom stereocenters. The molecule has 7 nitrogen and oxygen atoms in total. The van der Waals surface area contributed by atoms with Crippen LogP contribution in [0, 0.1) is 20.8 Å². The molecule has 0 spiro atoms. The van der Waals surface area contributed by atoms with E-state index in [1.807, 2.05) is 31.9 Å². The van der Waals surface area contributed by atoms with Gasteiger partial charge in [-0.25, -0.2) is 4.79 Å². The van der Waals surface area contributed by atoms with E-state index >= 15 is 0 Å². The summed E-state index contributed by atoms with van der Waals surface area (Å²) in [5.74, 6) is 0.198. The minimum atomic E-state index is -0.445. The summed E-state index contributed by atoms with van der Waals surface area (Å²) in [6.45, 7) is 7.64. The summed E-state index contributed by atoms with van der Waals surface area (Å²) in [5.41, 5.74) is 2.86. The number of nitrogens with zero attached hydrogens (tertiary/aromatic N) is 2. The first kappa shape index (κ1) is 17.9. The number of ketones is 1. The zero-order valence-electron chi connectivity index (χ0n) is 14.9. The van der Waals surface area contributed by atoms with Crippen molar-refractivity contribution in [2.45, 2.75) is 40.3 Å². The summed E-state index contributed by atoms with van der Waals surface area (Å²) < 4.78 is 9.83. The molecule has 0 bridgehead atoms. The molecule has 2 aromatic rings. The number of esters is 1. The second kappa shape index (κ2) is 7.00. The van der Waals surface area contributed by atoms with Crippen molar-refractivity contribution in [2.75, 3.05) is 14.2 Å². The Morgan fingerprint density at radius 2 is 2.04 bits per heavy atom. The molecule has 0 aliphatic heterocycles. The van der Waals surface area contributed by atoms with Gasteiger partial charge in [0.1, 0.15) is 5.76 Å². The van der Waals surface area contributed by atoms with Crippen LogP contribution in [0.1, 0.15) is 50.5 Å². The Hall–Kier alpha value is -2.41. The van der Waals surface area contributed by atoms with Gasteiger partial charge in [0.15, 0.2) is 5.78 Å². The summed E-state index contributed by atoms with van der Waals surface area (Å²) in [7, 11) is 3.17. The van der Waals surface area contributed by atoms with Gasteiger partial charge in [0.05, 0.1) is 30.1 Å². The number of likely N-dealkylation sites (N-methyl/N-ethyl adjacent to an activating group) is 1. The Bertz CT molecular complexity index is 760. The SMILES string of the molecule is COC(=O)c1c(C)[nH]c(C(=O)C(C)N(C)Cc2cc(C)on2)c1C. The maximum absolute atomic E-state index is 12.8. The van der Waals surface area contributed by atoms with Crippen LogP contribution in [-0.4, -0.2) is 47.0 Å². The van der Waals surface area contributed by atoms with E-state index in [1.54, 1.807) is 13.8 Å². The number of Topliss-reactive ketones (excluding diaryl/α,β-unsaturated/α-hetero) is 1. The van der Waals surface area contributed by atoms with Gasteiger partial charge in [-0.05, 0) is 40.3 Å². The molecule has 7 heteroatoms. The van der Waals surface area contributed by atoms with E-state index in [9.17, 15) is 9.59 Å². The molecule has 2 rings (SSSR count). The molecule has 0 saturated carbocycles. The van der Waals surface area contributed by atoms with Crippen molar-refractivity contribution in [1.29, 1.82) is 0 Å². The predicted molar refractivity (Wildman–Crippen MR) is 88.1 cm³/mol. The van der Waals surface area contributed by atoms with E-state index in [-0.39, 0.29) is 11.8 Å². The molecular formula is C17H23N3O4. The van der Waals surface area contributed by atoms with E-state index in [4.69, 9.17) is 9.26 Å². The van der Waals surface area contributed by atoms with Crippen molar-refractivity contribution < 1.29 is 18.8 Å². The summed E-state index contributed by atoms with van der Waals surface area (Å²) in [4.78, 5) is 29.6. The predicted octanol–water partition coefficient (Wildman–Crippen LogP) is 2.42. The monoisotopic (exact) mass is 333 g/mol. The van der Waals surface area contributed by atoms with Gasteiger partial charge in [-0.2, -0.15) is 0 Å². The molecule has 0 fully saturated rings. The Labute approximate surface area is 141 Å². The number of H-pyrrole nitrogens is 1.